The van der Waals surface area contributed by atoms with Gasteiger partial charge in [0.05, 0.1) is 0 Å². The largest absolute Gasteiger partial charge is 0.394 e. The zero-order chi connectivity index (χ0) is 7.21. The molecule has 0 bridgehead atoms. The fourth-order valence-electron chi connectivity index (χ4n) is 0. The zero-order valence-electron chi connectivity index (χ0n) is 3.78. The summed E-state index contributed by atoms with van der Waals surface area (Å²) in [5.74, 6) is 0. The van der Waals surface area contributed by atoms with Gasteiger partial charge in [-0.2, -0.15) is 8.42 Å². The molecule has 0 atom stereocenters. The summed E-state index contributed by atoms with van der Waals surface area (Å²) in [6.07, 6.45) is 0. The Kier molecular flexibility index (Phi) is 6.81. The van der Waals surface area contributed by atoms with E-state index in [1.165, 1.54) is 5.54 Å². The maximum Gasteiger partial charge on any atom is 0.394 e. The molecule has 0 aromatic heterocycles. The second-order valence-electron chi connectivity index (χ2n) is 0.602. The molecule has 50 valence electrons. The van der Waals surface area contributed by atoms with Gasteiger partial charge >= 0.3 is 10.4 Å². The molecule has 2 N–H and O–H groups in total. The Hall–Kier alpha value is -0.100. The second kappa shape index (κ2) is 5.04. The van der Waals surface area contributed by atoms with Gasteiger partial charge in [0, 0.05) is 0 Å². The third kappa shape index (κ3) is 14200. The van der Waals surface area contributed by atoms with Crippen LogP contribution in [0.25, 0.3) is 0 Å². The summed E-state index contributed by atoms with van der Waals surface area (Å²) in [4.78, 5) is 0. The van der Waals surface area contributed by atoms with Gasteiger partial charge < -0.3 is 0 Å². The predicted molar refractivity (Wildman–Crippen MR) is 30.2 cm³/mol. The smallest absolute Gasteiger partial charge is 0.264 e. The first-order chi connectivity index (χ1) is 3.41. The summed E-state index contributed by atoms with van der Waals surface area (Å²) in [6.45, 7) is 3.13. The summed E-state index contributed by atoms with van der Waals surface area (Å²) in [7, 11) is -4.67. The molecule has 0 amide bonds. The Balaban J connectivity index is 0. The maximum absolute atomic E-state index is 8.74. The Morgan fingerprint density at radius 3 is 1.50 bits per heavy atom. The van der Waals surface area contributed by atoms with Crippen LogP contribution in [-0.4, -0.2) is 17.5 Å². The summed E-state index contributed by atoms with van der Waals surface area (Å²) >= 11 is 4.76. The minimum atomic E-state index is -4.67. The van der Waals surface area contributed by atoms with Gasteiger partial charge in [-0.25, -0.2) is 0 Å². The highest BCUT2D eigenvalue weighted by molar-refractivity contribution is 7.79. The van der Waals surface area contributed by atoms with Crippen molar-refractivity contribution in [2.75, 3.05) is 0 Å². The Morgan fingerprint density at radius 2 is 1.50 bits per heavy atom. The van der Waals surface area contributed by atoms with Crippen molar-refractivity contribution in [2.45, 2.75) is 0 Å². The fourth-order valence-corrected chi connectivity index (χ4v) is 0. The molecule has 0 aromatic carbocycles. The summed E-state index contributed by atoms with van der Waals surface area (Å²) in [5, 5.41) is 0. The van der Waals surface area contributed by atoms with E-state index in [1.54, 1.807) is 0 Å². The van der Waals surface area contributed by atoms with Gasteiger partial charge in [0.1, 0.15) is 0 Å². The highest BCUT2D eigenvalue weighted by Crippen LogP contribution is 1.60. The minimum Gasteiger partial charge on any atom is -0.264 e. The minimum absolute atomic E-state index is 1.22. The lowest BCUT2D eigenvalue weighted by Gasteiger charge is -1.68. The molecular weight excluding hydrogens is 156 g/mol. The molecule has 0 saturated heterocycles. The molecule has 4 nitrogen and oxygen atoms in total. The van der Waals surface area contributed by atoms with Crippen molar-refractivity contribution in [1.82, 2.24) is 0 Å². The Labute approximate surface area is 52.4 Å². The maximum atomic E-state index is 8.74. The summed E-state index contributed by atoms with van der Waals surface area (Å²) < 4.78 is 31.6. The molecule has 6 heteroatoms. The van der Waals surface area contributed by atoms with E-state index in [0.717, 1.165) is 0 Å². The first kappa shape index (κ1) is 10.8. The molecule has 0 radical (unpaired) electrons. The van der Waals surface area contributed by atoms with E-state index < -0.39 is 10.4 Å². The zero-order valence-corrected chi connectivity index (χ0v) is 5.35. The van der Waals surface area contributed by atoms with Crippen LogP contribution in [0.4, 0.5) is 0 Å². The Morgan fingerprint density at radius 1 is 1.50 bits per heavy atom. The van der Waals surface area contributed by atoms with Gasteiger partial charge in [0.15, 0.2) is 0 Å². The molecule has 0 spiro atoms. The van der Waals surface area contributed by atoms with Crippen molar-refractivity contribution in [3.63, 3.8) is 0 Å². The first-order valence-electron chi connectivity index (χ1n) is 1.32. The van der Waals surface area contributed by atoms with Crippen LogP contribution in [-0.2, 0) is 10.4 Å². The average Bonchev–Trinajstić information content (AvgIpc) is 1.27. The SMILES string of the molecule is C=CCl.O=S(=O)(O)O. The van der Waals surface area contributed by atoms with Crippen LogP contribution in [0.5, 0.6) is 0 Å². The van der Waals surface area contributed by atoms with E-state index >= 15 is 0 Å². The molecule has 0 aliphatic carbocycles. The molecule has 0 heterocycles. The van der Waals surface area contributed by atoms with Crippen molar-refractivity contribution in [3.05, 3.63) is 12.1 Å². The second-order valence-corrected chi connectivity index (χ2v) is 1.81. The van der Waals surface area contributed by atoms with Gasteiger partial charge in [0.25, 0.3) is 0 Å². The van der Waals surface area contributed by atoms with Crippen LogP contribution in [0.3, 0.4) is 0 Å². The molecule has 0 saturated carbocycles. The van der Waals surface area contributed by atoms with Crippen LogP contribution < -0.4 is 0 Å². The van der Waals surface area contributed by atoms with Gasteiger partial charge in [-0.15, -0.1) is 0 Å². The lowest BCUT2D eigenvalue weighted by Crippen LogP contribution is -1.89. The van der Waals surface area contributed by atoms with Crippen LogP contribution in [0.15, 0.2) is 12.1 Å². The monoisotopic (exact) mass is 160 g/mol. The van der Waals surface area contributed by atoms with Crippen LogP contribution >= 0.6 is 11.6 Å². The topological polar surface area (TPSA) is 74.6 Å². The van der Waals surface area contributed by atoms with Crippen molar-refractivity contribution >= 4 is 22.0 Å². The van der Waals surface area contributed by atoms with E-state index in [4.69, 9.17) is 29.1 Å². The number of hydrogen-bond donors (Lipinski definition) is 2. The van der Waals surface area contributed by atoms with Crippen LogP contribution in [0.1, 0.15) is 0 Å². The van der Waals surface area contributed by atoms with E-state index in [2.05, 4.69) is 6.58 Å². The Bertz CT molecular complexity index is 128. The average molecular weight is 161 g/mol. The third-order valence-electron chi connectivity index (χ3n) is 0. The molecule has 0 aromatic rings. The van der Waals surface area contributed by atoms with Gasteiger partial charge in [-0.3, -0.25) is 9.11 Å². The van der Waals surface area contributed by atoms with E-state index in [1.807, 2.05) is 0 Å². The van der Waals surface area contributed by atoms with E-state index in [0.29, 0.717) is 0 Å². The van der Waals surface area contributed by atoms with E-state index in [-0.39, 0.29) is 0 Å². The third-order valence-corrected chi connectivity index (χ3v) is 0. The van der Waals surface area contributed by atoms with E-state index in [9.17, 15) is 0 Å². The highest BCUT2D eigenvalue weighted by Gasteiger charge is 1.84. The van der Waals surface area contributed by atoms with Crippen molar-refractivity contribution in [1.29, 1.82) is 0 Å². The molecule has 0 aliphatic heterocycles. The summed E-state index contributed by atoms with van der Waals surface area (Å²) in [6, 6.07) is 0. The fraction of sp³-hybridized carbons (Fsp3) is 0. The van der Waals surface area contributed by atoms with Crippen LogP contribution in [0, 0.1) is 0 Å². The predicted octanol–water partition coefficient (Wildman–Crippen LogP) is 0.716. The normalized spacial score (nSPS) is 8.88. The van der Waals surface area contributed by atoms with Gasteiger partial charge in [-0.05, 0) is 5.54 Å². The van der Waals surface area contributed by atoms with Crippen molar-refractivity contribution in [2.24, 2.45) is 0 Å². The summed E-state index contributed by atoms with van der Waals surface area (Å²) in [5.41, 5.74) is 1.22. The highest BCUT2D eigenvalue weighted by atomic mass is 35.5. The quantitative estimate of drug-likeness (QED) is 0.512. The van der Waals surface area contributed by atoms with Crippen molar-refractivity contribution in [3.8, 4) is 0 Å². The lowest BCUT2D eigenvalue weighted by atomic mass is 11.3. The van der Waals surface area contributed by atoms with Crippen LogP contribution in [0.2, 0.25) is 0 Å². The van der Waals surface area contributed by atoms with Crippen molar-refractivity contribution < 1.29 is 17.5 Å². The number of hydrogen-bond acceptors (Lipinski definition) is 2. The standard InChI is InChI=1S/C2H3Cl.H2O4S/c1-2-3;1-5(2,3)4/h2H,1H2;(H2,1,2,3,4). The van der Waals surface area contributed by atoms with Gasteiger partial charge in [0.2, 0.25) is 0 Å². The number of rotatable bonds is 0. The van der Waals surface area contributed by atoms with Gasteiger partial charge in [-0.1, -0.05) is 18.2 Å². The molecule has 0 fully saturated rings. The molecule has 8 heavy (non-hydrogen) atoms. The number of halogens is 1. The lowest BCUT2D eigenvalue weighted by molar-refractivity contribution is 0.381. The molecule has 0 unspecified atom stereocenters. The first-order valence-corrected chi connectivity index (χ1v) is 3.16. The molecule has 0 rings (SSSR count). The molecule has 0 aliphatic rings. The molecular formula is C2H5ClO4S.